The zero-order chi connectivity index (χ0) is 11.4. The van der Waals surface area contributed by atoms with Crippen LogP contribution in [0.5, 0.6) is 0 Å². The molecule has 2 heteroatoms. The Kier molecular flexibility index (Phi) is 3.97. The molecule has 1 aromatic carbocycles. The van der Waals surface area contributed by atoms with Crippen LogP contribution in [0, 0.1) is 0 Å². The van der Waals surface area contributed by atoms with Gasteiger partial charge in [0.15, 0.2) is 0 Å². The van der Waals surface area contributed by atoms with Gasteiger partial charge in [-0.3, -0.25) is 0 Å². The van der Waals surface area contributed by atoms with Crippen LogP contribution in [-0.2, 0) is 6.42 Å². The number of hydrogen-bond acceptors (Lipinski definition) is 2. The summed E-state index contributed by atoms with van der Waals surface area (Å²) < 4.78 is 1.41. The number of rotatable bonds is 5. The van der Waals surface area contributed by atoms with Gasteiger partial charge in [0.25, 0.3) is 0 Å². The van der Waals surface area contributed by atoms with Crippen LogP contribution in [0.2, 0.25) is 0 Å². The molecule has 0 aliphatic heterocycles. The fourth-order valence-electron chi connectivity index (χ4n) is 2.15. The summed E-state index contributed by atoms with van der Waals surface area (Å²) in [6, 6.07) is 9.30. The minimum absolute atomic E-state index is 0.614. The van der Waals surface area contributed by atoms with Crippen LogP contribution in [0.4, 0.5) is 0 Å². The molecule has 86 valence electrons. The summed E-state index contributed by atoms with van der Waals surface area (Å²) >= 11 is 1.86. The maximum Gasteiger partial charge on any atom is 0.0345 e. The third-order valence-corrected chi connectivity index (χ3v) is 4.09. The first-order chi connectivity index (χ1) is 7.85. The Morgan fingerprint density at radius 1 is 1.31 bits per heavy atom. The van der Waals surface area contributed by atoms with E-state index in [-0.39, 0.29) is 0 Å². The summed E-state index contributed by atoms with van der Waals surface area (Å²) in [5.74, 6) is 0. The van der Waals surface area contributed by atoms with Crippen molar-refractivity contribution in [2.75, 3.05) is 7.05 Å². The van der Waals surface area contributed by atoms with Gasteiger partial charge in [0.1, 0.15) is 0 Å². The van der Waals surface area contributed by atoms with E-state index in [1.807, 2.05) is 11.3 Å². The van der Waals surface area contributed by atoms with Gasteiger partial charge in [-0.1, -0.05) is 31.5 Å². The second-order valence-electron chi connectivity index (χ2n) is 4.24. The number of hydrogen-bond donors (Lipinski definition) is 1. The summed E-state index contributed by atoms with van der Waals surface area (Å²) in [7, 11) is 2.06. The molecule has 0 amide bonds. The van der Waals surface area contributed by atoms with Crippen molar-refractivity contribution in [1.29, 1.82) is 0 Å². The van der Waals surface area contributed by atoms with Gasteiger partial charge < -0.3 is 5.32 Å². The largest absolute Gasteiger partial charge is 0.317 e. The quantitative estimate of drug-likeness (QED) is 0.827. The molecule has 0 fully saturated rings. The van der Waals surface area contributed by atoms with E-state index >= 15 is 0 Å². The van der Waals surface area contributed by atoms with E-state index in [4.69, 9.17) is 0 Å². The topological polar surface area (TPSA) is 12.0 Å². The molecule has 2 aromatic rings. The molecule has 1 nitrogen and oxygen atoms in total. The van der Waals surface area contributed by atoms with Crippen LogP contribution >= 0.6 is 11.3 Å². The normalized spacial score (nSPS) is 13.1. The molecule has 0 radical (unpaired) electrons. The van der Waals surface area contributed by atoms with Gasteiger partial charge in [0.05, 0.1) is 0 Å². The molecule has 16 heavy (non-hydrogen) atoms. The number of thiophene rings is 1. The maximum absolute atomic E-state index is 3.41. The highest BCUT2D eigenvalue weighted by molar-refractivity contribution is 7.17. The molecule has 0 aliphatic carbocycles. The number of nitrogens with one attached hydrogen (secondary N) is 1. The zero-order valence-corrected chi connectivity index (χ0v) is 10.8. The summed E-state index contributed by atoms with van der Waals surface area (Å²) in [4.78, 5) is 0. The lowest BCUT2D eigenvalue weighted by atomic mass is 10.0. The van der Waals surface area contributed by atoms with Crippen molar-refractivity contribution in [1.82, 2.24) is 5.32 Å². The Balaban J connectivity index is 2.20. The third kappa shape index (κ3) is 2.45. The van der Waals surface area contributed by atoms with Crippen molar-refractivity contribution in [3.8, 4) is 0 Å². The van der Waals surface area contributed by atoms with Gasteiger partial charge in [0, 0.05) is 10.7 Å². The Labute approximate surface area is 101 Å². The predicted molar refractivity (Wildman–Crippen MR) is 73.3 cm³/mol. The highest BCUT2D eigenvalue weighted by Crippen LogP contribution is 2.26. The van der Waals surface area contributed by atoms with Gasteiger partial charge >= 0.3 is 0 Å². The van der Waals surface area contributed by atoms with Crippen molar-refractivity contribution >= 4 is 21.4 Å². The highest BCUT2D eigenvalue weighted by Gasteiger charge is 2.09. The lowest BCUT2D eigenvalue weighted by Gasteiger charge is -2.14. The van der Waals surface area contributed by atoms with Gasteiger partial charge in [0.2, 0.25) is 0 Å². The molecule has 0 spiro atoms. The highest BCUT2D eigenvalue weighted by atomic mass is 32.1. The SMILES string of the molecule is CCCC(Cc1csc2ccccc12)NC. The molecule has 0 aliphatic rings. The maximum atomic E-state index is 3.41. The van der Waals surface area contributed by atoms with Crippen molar-refractivity contribution in [3.05, 3.63) is 35.2 Å². The molecule has 1 N–H and O–H groups in total. The van der Waals surface area contributed by atoms with Crippen LogP contribution in [0.25, 0.3) is 10.1 Å². The second-order valence-corrected chi connectivity index (χ2v) is 5.15. The summed E-state index contributed by atoms with van der Waals surface area (Å²) in [6.07, 6.45) is 3.64. The third-order valence-electron chi connectivity index (χ3n) is 3.07. The van der Waals surface area contributed by atoms with Crippen molar-refractivity contribution in [3.63, 3.8) is 0 Å². The van der Waals surface area contributed by atoms with Crippen LogP contribution in [0.3, 0.4) is 0 Å². The number of likely N-dealkylation sites (N-methyl/N-ethyl adjacent to an activating group) is 1. The first-order valence-electron chi connectivity index (χ1n) is 5.97. The van der Waals surface area contributed by atoms with Crippen LogP contribution in [0.1, 0.15) is 25.3 Å². The smallest absolute Gasteiger partial charge is 0.0345 e. The van der Waals surface area contributed by atoms with E-state index in [1.165, 1.54) is 28.5 Å². The van der Waals surface area contributed by atoms with E-state index in [9.17, 15) is 0 Å². The summed E-state index contributed by atoms with van der Waals surface area (Å²) in [5, 5.41) is 7.15. The Morgan fingerprint density at radius 3 is 2.88 bits per heavy atom. The molecular formula is C14H19NS. The molecule has 1 unspecified atom stereocenters. The van der Waals surface area contributed by atoms with Crippen molar-refractivity contribution < 1.29 is 0 Å². The van der Waals surface area contributed by atoms with E-state index in [2.05, 4.69) is 48.9 Å². The number of benzene rings is 1. The van der Waals surface area contributed by atoms with Crippen LogP contribution in [0.15, 0.2) is 29.6 Å². The minimum atomic E-state index is 0.614. The molecule has 1 aromatic heterocycles. The van der Waals surface area contributed by atoms with Gasteiger partial charge in [-0.25, -0.2) is 0 Å². The predicted octanol–water partition coefficient (Wildman–Crippen LogP) is 3.83. The molecular weight excluding hydrogens is 214 g/mol. The average molecular weight is 233 g/mol. The molecule has 0 bridgehead atoms. The van der Waals surface area contributed by atoms with Crippen LogP contribution < -0.4 is 5.32 Å². The lowest BCUT2D eigenvalue weighted by Crippen LogP contribution is -2.27. The summed E-state index contributed by atoms with van der Waals surface area (Å²) in [5.41, 5.74) is 1.49. The molecule has 1 heterocycles. The number of fused-ring (bicyclic) bond motifs is 1. The summed E-state index contributed by atoms with van der Waals surface area (Å²) in [6.45, 7) is 2.25. The fourth-order valence-corrected chi connectivity index (χ4v) is 3.13. The van der Waals surface area contributed by atoms with E-state index in [0.717, 1.165) is 6.42 Å². The van der Waals surface area contributed by atoms with Gasteiger partial charge in [-0.05, 0) is 42.3 Å². The van der Waals surface area contributed by atoms with Crippen molar-refractivity contribution in [2.45, 2.75) is 32.2 Å². The monoisotopic (exact) mass is 233 g/mol. The zero-order valence-electron chi connectivity index (χ0n) is 9.99. The Hall–Kier alpha value is -0.860. The fraction of sp³-hybridized carbons (Fsp3) is 0.429. The molecule has 2 rings (SSSR count). The second kappa shape index (κ2) is 5.46. The van der Waals surface area contributed by atoms with Gasteiger partial charge in [-0.2, -0.15) is 0 Å². The minimum Gasteiger partial charge on any atom is -0.317 e. The van der Waals surface area contributed by atoms with Gasteiger partial charge in [-0.15, -0.1) is 11.3 Å². The lowest BCUT2D eigenvalue weighted by molar-refractivity contribution is 0.515. The molecule has 1 atom stereocenters. The first-order valence-corrected chi connectivity index (χ1v) is 6.85. The van der Waals surface area contributed by atoms with E-state index in [1.54, 1.807) is 0 Å². The Bertz CT molecular complexity index is 447. The standard InChI is InChI=1S/C14H19NS/c1-3-6-12(15-2)9-11-10-16-14-8-5-4-7-13(11)14/h4-5,7-8,10,12,15H,3,6,9H2,1-2H3. The van der Waals surface area contributed by atoms with Crippen LogP contribution in [-0.4, -0.2) is 13.1 Å². The van der Waals surface area contributed by atoms with E-state index in [0.29, 0.717) is 6.04 Å². The van der Waals surface area contributed by atoms with Crippen molar-refractivity contribution in [2.24, 2.45) is 0 Å². The molecule has 0 saturated carbocycles. The van der Waals surface area contributed by atoms with E-state index < -0.39 is 0 Å². The Morgan fingerprint density at radius 2 is 2.12 bits per heavy atom. The molecule has 0 saturated heterocycles. The first kappa shape index (κ1) is 11.6. The average Bonchev–Trinajstić information content (AvgIpc) is 2.72.